The molecule has 1 saturated heterocycles. The Hall–Kier alpha value is -3.37. The predicted octanol–water partition coefficient (Wildman–Crippen LogP) is 1.78. The monoisotopic (exact) mass is 473 g/mol. The van der Waals surface area contributed by atoms with Crippen LogP contribution in [0.25, 0.3) is 11.2 Å². The number of rotatable bonds is 5. The molecule has 4 atom stereocenters. The van der Waals surface area contributed by atoms with Crippen LogP contribution in [0.2, 0.25) is 0 Å². The van der Waals surface area contributed by atoms with Crippen molar-refractivity contribution in [2.24, 2.45) is 0 Å². The van der Waals surface area contributed by atoms with Gasteiger partial charge in [-0.1, -0.05) is 48.5 Å². The Bertz CT molecular complexity index is 1310. The number of hydrogen-bond acceptors (Lipinski definition) is 8. The van der Waals surface area contributed by atoms with Crippen molar-refractivity contribution >= 4 is 17.0 Å². The molecule has 6 rings (SSSR count). The SMILES string of the molecule is OCC1OC(n2cnc3c(NCC4c5ccccc5CCc5ccccc54)ncnc32)C(O)C1O. The quantitative estimate of drug-likeness (QED) is 0.346. The highest BCUT2D eigenvalue weighted by Gasteiger charge is 2.44. The highest BCUT2D eigenvalue weighted by atomic mass is 16.6. The largest absolute Gasteiger partial charge is 0.394 e. The number of aliphatic hydroxyl groups excluding tert-OH is 3. The topological polar surface area (TPSA) is 126 Å². The first-order valence-electron chi connectivity index (χ1n) is 11.8. The standard InChI is InChI=1S/C26H27N5O4/c32-12-20-22(33)23(34)26(35-20)31-14-30-21-24(28-13-29-25(21)31)27-11-19-17-7-3-1-5-15(17)9-10-16-6-2-4-8-18(16)19/h1-8,13-14,19-20,22-23,26,32-34H,9-12H2,(H,27,28,29). The average Bonchev–Trinajstić information content (AvgIpc) is 3.39. The van der Waals surface area contributed by atoms with E-state index in [4.69, 9.17) is 4.74 Å². The van der Waals surface area contributed by atoms with Crippen LogP contribution in [0, 0.1) is 0 Å². The molecule has 0 bridgehead atoms. The molecule has 4 unspecified atom stereocenters. The zero-order valence-corrected chi connectivity index (χ0v) is 19.0. The van der Waals surface area contributed by atoms with Crippen molar-refractivity contribution in [3.63, 3.8) is 0 Å². The molecule has 180 valence electrons. The summed E-state index contributed by atoms with van der Waals surface area (Å²) in [4.78, 5) is 13.3. The fraction of sp³-hybridized carbons (Fsp3) is 0.346. The fourth-order valence-corrected chi connectivity index (χ4v) is 5.34. The molecule has 4 N–H and O–H groups in total. The van der Waals surface area contributed by atoms with Crippen LogP contribution in [0.4, 0.5) is 5.82 Å². The predicted molar refractivity (Wildman–Crippen MR) is 129 cm³/mol. The van der Waals surface area contributed by atoms with E-state index in [1.807, 2.05) is 0 Å². The van der Waals surface area contributed by atoms with E-state index in [1.54, 1.807) is 4.57 Å². The van der Waals surface area contributed by atoms with Gasteiger partial charge in [0.15, 0.2) is 23.2 Å². The van der Waals surface area contributed by atoms with Gasteiger partial charge >= 0.3 is 0 Å². The van der Waals surface area contributed by atoms with Crippen molar-refractivity contribution < 1.29 is 20.1 Å². The van der Waals surface area contributed by atoms with Crippen molar-refractivity contribution in [3.8, 4) is 0 Å². The number of nitrogens with zero attached hydrogens (tertiary/aromatic N) is 4. The van der Waals surface area contributed by atoms with E-state index in [0.717, 1.165) is 12.8 Å². The maximum Gasteiger partial charge on any atom is 0.167 e. The number of aliphatic hydroxyl groups is 3. The third-order valence-electron chi connectivity index (χ3n) is 7.15. The van der Waals surface area contributed by atoms with Gasteiger partial charge in [0.05, 0.1) is 12.9 Å². The van der Waals surface area contributed by atoms with Crippen molar-refractivity contribution in [2.75, 3.05) is 18.5 Å². The molecule has 1 fully saturated rings. The Morgan fingerprint density at radius 3 is 2.26 bits per heavy atom. The fourth-order valence-electron chi connectivity index (χ4n) is 5.34. The highest BCUT2D eigenvalue weighted by molar-refractivity contribution is 5.82. The molecule has 1 aliphatic carbocycles. The number of benzene rings is 2. The molecule has 0 spiro atoms. The normalized spacial score (nSPS) is 24.2. The summed E-state index contributed by atoms with van der Waals surface area (Å²) in [7, 11) is 0. The molecule has 4 aromatic rings. The number of hydrogen-bond donors (Lipinski definition) is 4. The van der Waals surface area contributed by atoms with Crippen LogP contribution >= 0.6 is 0 Å². The number of aromatic nitrogens is 4. The Morgan fingerprint density at radius 2 is 1.60 bits per heavy atom. The Kier molecular flexibility index (Phi) is 5.69. The van der Waals surface area contributed by atoms with E-state index in [0.29, 0.717) is 23.5 Å². The maximum atomic E-state index is 10.5. The first-order valence-corrected chi connectivity index (χ1v) is 11.8. The van der Waals surface area contributed by atoms with Crippen molar-refractivity contribution in [3.05, 3.63) is 83.4 Å². The Morgan fingerprint density at radius 1 is 0.914 bits per heavy atom. The number of imidazole rings is 1. The Labute approximate surface area is 202 Å². The smallest absolute Gasteiger partial charge is 0.167 e. The number of aryl methyl sites for hydroxylation is 2. The van der Waals surface area contributed by atoms with Crippen LogP contribution in [0.15, 0.2) is 61.2 Å². The van der Waals surface area contributed by atoms with Gasteiger partial charge in [0.2, 0.25) is 0 Å². The van der Waals surface area contributed by atoms with Gasteiger partial charge in [0, 0.05) is 12.5 Å². The second-order valence-electron chi connectivity index (χ2n) is 9.11. The molecule has 9 nitrogen and oxygen atoms in total. The molecule has 3 heterocycles. The molecular formula is C26H27N5O4. The number of anilines is 1. The molecule has 35 heavy (non-hydrogen) atoms. The first kappa shape index (κ1) is 22.1. The van der Waals surface area contributed by atoms with Crippen molar-refractivity contribution in [2.45, 2.75) is 43.3 Å². The van der Waals surface area contributed by atoms with Gasteiger partial charge in [0.1, 0.15) is 24.6 Å². The third-order valence-corrected chi connectivity index (χ3v) is 7.15. The summed E-state index contributed by atoms with van der Waals surface area (Å²) in [5, 5.41) is 33.5. The Balaban J connectivity index is 1.32. The van der Waals surface area contributed by atoms with E-state index in [1.165, 1.54) is 34.9 Å². The van der Waals surface area contributed by atoms with Gasteiger partial charge in [-0.05, 0) is 35.1 Å². The summed E-state index contributed by atoms with van der Waals surface area (Å²) in [5.74, 6) is 0.733. The molecular weight excluding hydrogens is 446 g/mol. The zero-order chi connectivity index (χ0) is 23.9. The van der Waals surface area contributed by atoms with E-state index in [-0.39, 0.29) is 5.92 Å². The number of ether oxygens (including phenoxy) is 1. The van der Waals surface area contributed by atoms with Crippen molar-refractivity contribution in [1.29, 1.82) is 0 Å². The lowest BCUT2D eigenvalue weighted by atomic mass is 9.88. The van der Waals surface area contributed by atoms with Gasteiger partial charge in [-0.2, -0.15) is 0 Å². The van der Waals surface area contributed by atoms with Crippen molar-refractivity contribution in [1.82, 2.24) is 19.5 Å². The number of fused-ring (bicyclic) bond motifs is 3. The second kappa shape index (κ2) is 9.01. The molecule has 2 aromatic carbocycles. The van der Waals surface area contributed by atoms with Gasteiger partial charge in [-0.3, -0.25) is 4.57 Å². The summed E-state index contributed by atoms with van der Waals surface area (Å²) in [6.45, 7) is 0.230. The first-order chi connectivity index (χ1) is 17.2. The summed E-state index contributed by atoms with van der Waals surface area (Å²) in [6, 6.07) is 17.2. The summed E-state index contributed by atoms with van der Waals surface area (Å²) in [5.41, 5.74) is 6.35. The minimum atomic E-state index is -1.21. The second-order valence-corrected chi connectivity index (χ2v) is 9.11. The van der Waals surface area contributed by atoms with E-state index in [2.05, 4.69) is 68.8 Å². The minimum absolute atomic E-state index is 0.150. The zero-order valence-electron chi connectivity index (χ0n) is 19.0. The molecule has 2 aromatic heterocycles. The van der Waals surface area contributed by atoms with E-state index < -0.39 is 31.1 Å². The van der Waals surface area contributed by atoms with Crippen LogP contribution < -0.4 is 5.32 Å². The van der Waals surface area contributed by atoms with Gasteiger partial charge in [-0.15, -0.1) is 0 Å². The third kappa shape index (κ3) is 3.77. The molecule has 1 aliphatic heterocycles. The lowest BCUT2D eigenvalue weighted by Gasteiger charge is -2.21. The number of nitrogens with one attached hydrogen (secondary N) is 1. The molecule has 9 heteroatoms. The van der Waals surface area contributed by atoms with Crippen LogP contribution in [0.3, 0.4) is 0 Å². The summed E-state index contributed by atoms with van der Waals surface area (Å²) >= 11 is 0. The maximum absolute atomic E-state index is 10.5. The van der Waals surface area contributed by atoms with Crippen LogP contribution in [-0.2, 0) is 17.6 Å². The molecule has 0 amide bonds. The highest BCUT2D eigenvalue weighted by Crippen LogP contribution is 2.35. The van der Waals surface area contributed by atoms with Crippen LogP contribution in [0.1, 0.15) is 34.4 Å². The lowest BCUT2D eigenvalue weighted by molar-refractivity contribution is -0.0511. The molecule has 0 radical (unpaired) electrons. The molecule has 0 saturated carbocycles. The summed E-state index contributed by atoms with van der Waals surface area (Å²) in [6.07, 6.45) is 0.789. The van der Waals surface area contributed by atoms with Gasteiger partial charge in [0.25, 0.3) is 0 Å². The minimum Gasteiger partial charge on any atom is -0.394 e. The van der Waals surface area contributed by atoms with Crippen LogP contribution in [-0.4, -0.2) is 66.3 Å². The van der Waals surface area contributed by atoms with E-state index >= 15 is 0 Å². The van der Waals surface area contributed by atoms with Gasteiger partial charge < -0.3 is 25.4 Å². The summed E-state index contributed by atoms with van der Waals surface area (Å²) < 4.78 is 7.24. The van der Waals surface area contributed by atoms with E-state index in [9.17, 15) is 15.3 Å². The average molecular weight is 474 g/mol. The molecule has 2 aliphatic rings. The lowest BCUT2D eigenvalue weighted by Crippen LogP contribution is -2.33. The van der Waals surface area contributed by atoms with Gasteiger partial charge in [-0.25, -0.2) is 15.0 Å². The van der Waals surface area contributed by atoms with Crippen LogP contribution in [0.5, 0.6) is 0 Å².